The van der Waals surface area contributed by atoms with E-state index in [4.69, 9.17) is 0 Å². The molecule has 18 heavy (non-hydrogen) atoms. The molecule has 3 nitrogen and oxygen atoms in total. The number of likely N-dealkylation sites (N-methyl/N-ethyl adjacent to an activating group) is 1. The lowest BCUT2D eigenvalue weighted by Crippen LogP contribution is -2.49. The van der Waals surface area contributed by atoms with Crippen LogP contribution < -0.4 is 5.32 Å². The number of carbonyl (C=O) groups excluding carboxylic acids is 1. The van der Waals surface area contributed by atoms with Crippen molar-refractivity contribution in [1.82, 2.24) is 10.2 Å². The van der Waals surface area contributed by atoms with E-state index in [9.17, 15) is 4.79 Å². The van der Waals surface area contributed by atoms with E-state index >= 15 is 0 Å². The summed E-state index contributed by atoms with van der Waals surface area (Å²) >= 11 is 0. The first-order chi connectivity index (χ1) is 8.60. The summed E-state index contributed by atoms with van der Waals surface area (Å²) in [5.74, 6) is 0.994. The fourth-order valence-corrected chi connectivity index (χ4v) is 3.05. The van der Waals surface area contributed by atoms with Crippen LogP contribution >= 0.6 is 0 Å². The molecular formula is C15H30N2O. The van der Waals surface area contributed by atoms with Gasteiger partial charge in [-0.15, -0.1) is 0 Å². The Morgan fingerprint density at radius 1 is 1.17 bits per heavy atom. The van der Waals surface area contributed by atoms with Crippen molar-refractivity contribution in [3.63, 3.8) is 0 Å². The van der Waals surface area contributed by atoms with Crippen LogP contribution in [0.1, 0.15) is 59.8 Å². The minimum absolute atomic E-state index is 0.0539. The van der Waals surface area contributed by atoms with Crippen molar-refractivity contribution in [3.05, 3.63) is 0 Å². The summed E-state index contributed by atoms with van der Waals surface area (Å²) < 4.78 is 0. The minimum Gasteiger partial charge on any atom is -0.342 e. The molecule has 0 aromatic heterocycles. The first-order valence-electron chi connectivity index (χ1n) is 7.64. The maximum Gasteiger partial charge on any atom is 0.239 e. The monoisotopic (exact) mass is 254 g/mol. The van der Waals surface area contributed by atoms with Crippen LogP contribution in [0.3, 0.4) is 0 Å². The highest BCUT2D eigenvalue weighted by Crippen LogP contribution is 2.26. The van der Waals surface area contributed by atoms with E-state index in [0.717, 1.165) is 19.0 Å². The minimum atomic E-state index is -0.0539. The normalized spacial score (nSPS) is 20.4. The van der Waals surface area contributed by atoms with Gasteiger partial charge in [0.25, 0.3) is 0 Å². The lowest BCUT2D eigenvalue weighted by Gasteiger charge is -2.32. The Morgan fingerprint density at radius 3 is 2.22 bits per heavy atom. The zero-order chi connectivity index (χ0) is 13.5. The quantitative estimate of drug-likeness (QED) is 0.790. The fraction of sp³-hybridized carbons (Fsp3) is 0.933. The molecule has 0 spiro atoms. The molecule has 0 aromatic carbocycles. The maximum atomic E-state index is 12.2. The zero-order valence-corrected chi connectivity index (χ0v) is 12.5. The van der Waals surface area contributed by atoms with Gasteiger partial charge in [0.15, 0.2) is 0 Å². The Morgan fingerprint density at radius 2 is 1.72 bits per heavy atom. The summed E-state index contributed by atoms with van der Waals surface area (Å²) in [6, 6.07) is 0.404. The van der Waals surface area contributed by atoms with Crippen LogP contribution in [0.5, 0.6) is 0 Å². The lowest BCUT2D eigenvalue weighted by molar-refractivity contribution is -0.132. The Hall–Kier alpha value is -0.570. The number of rotatable bonds is 6. The predicted octanol–water partition coefficient (Wildman–Crippen LogP) is 2.80. The third-order valence-electron chi connectivity index (χ3n) is 4.32. The van der Waals surface area contributed by atoms with E-state index in [2.05, 4.69) is 12.2 Å². The summed E-state index contributed by atoms with van der Waals surface area (Å²) in [7, 11) is 0. The molecule has 0 heterocycles. The largest absolute Gasteiger partial charge is 0.342 e. The fourth-order valence-electron chi connectivity index (χ4n) is 3.05. The molecule has 0 aromatic rings. The summed E-state index contributed by atoms with van der Waals surface area (Å²) in [6.07, 6.45) is 6.74. The number of nitrogens with one attached hydrogen (secondary N) is 1. The second-order valence-corrected chi connectivity index (χ2v) is 5.59. The van der Waals surface area contributed by atoms with Gasteiger partial charge >= 0.3 is 0 Å². The van der Waals surface area contributed by atoms with Crippen LogP contribution in [0.4, 0.5) is 0 Å². The molecule has 1 fully saturated rings. The number of amides is 1. The Bertz CT molecular complexity index is 245. The van der Waals surface area contributed by atoms with E-state index in [1.165, 1.54) is 32.1 Å². The van der Waals surface area contributed by atoms with Gasteiger partial charge in [-0.2, -0.15) is 0 Å². The lowest BCUT2D eigenvalue weighted by atomic mass is 9.84. The van der Waals surface area contributed by atoms with Crippen LogP contribution in [-0.4, -0.2) is 36.0 Å². The molecule has 0 radical (unpaired) electrons. The number of hydrogen-bond donors (Lipinski definition) is 1. The van der Waals surface area contributed by atoms with Gasteiger partial charge < -0.3 is 10.2 Å². The van der Waals surface area contributed by atoms with E-state index in [1.807, 2.05) is 25.7 Å². The Labute approximate surface area is 112 Å². The second-order valence-electron chi connectivity index (χ2n) is 5.59. The van der Waals surface area contributed by atoms with E-state index in [1.54, 1.807) is 0 Å². The average Bonchev–Trinajstić information content (AvgIpc) is 2.40. The highest BCUT2D eigenvalue weighted by Gasteiger charge is 2.24. The zero-order valence-electron chi connectivity index (χ0n) is 12.5. The Kier molecular flexibility index (Phi) is 6.69. The van der Waals surface area contributed by atoms with E-state index in [0.29, 0.717) is 6.04 Å². The molecule has 1 amide bonds. The molecule has 0 aliphatic heterocycles. The number of hydrogen-bond acceptors (Lipinski definition) is 2. The number of nitrogens with zero attached hydrogens (tertiary/aromatic N) is 1. The third kappa shape index (κ3) is 4.27. The van der Waals surface area contributed by atoms with Crippen LogP contribution in [0.15, 0.2) is 0 Å². The predicted molar refractivity (Wildman–Crippen MR) is 76.6 cm³/mol. The van der Waals surface area contributed by atoms with Crippen molar-refractivity contribution in [2.24, 2.45) is 5.92 Å². The van der Waals surface area contributed by atoms with Gasteiger partial charge in [0.05, 0.1) is 6.04 Å². The van der Waals surface area contributed by atoms with Crippen molar-refractivity contribution in [3.8, 4) is 0 Å². The summed E-state index contributed by atoms with van der Waals surface area (Å²) in [6.45, 7) is 9.93. The van der Waals surface area contributed by atoms with Gasteiger partial charge in [-0.05, 0) is 46.5 Å². The maximum absolute atomic E-state index is 12.2. The number of carbonyl (C=O) groups is 1. The van der Waals surface area contributed by atoms with Gasteiger partial charge in [-0.3, -0.25) is 4.79 Å². The molecule has 3 heteroatoms. The van der Waals surface area contributed by atoms with Gasteiger partial charge in [0.1, 0.15) is 0 Å². The SMILES string of the molecule is CCN(CC)C(=O)C(C)N[C@@H](C)C1CCCCC1. The molecule has 0 saturated heterocycles. The molecule has 1 saturated carbocycles. The molecule has 106 valence electrons. The van der Waals surface area contributed by atoms with Crippen LogP contribution in [0.25, 0.3) is 0 Å². The average molecular weight is 254 g/mol. The second kappa shape index (κ2) is 7.78. The smallest absolute Gasteiger partial charge is 0.239 e. The van der Waals surface area contributed by atoms with Crippen molar-refractivity contribution in [1.29, 1.82) is 0 Å². The van der Waals surface area contributed by atoms with Crippen LogP contribution in [0, 0.1) is 5.92 Å². The van der Waals surface area contributed by atoms with Gasteiger partial charge in [0, 0.05) is 19.1 Å². The summed E-state index contributed by atoms with van der Waals surface area (Å²) in [5, 5.41) is 3.51. The van der Waals surface area contributed by atoms with Crippen molar-refractivity contribution in [2.75, 3.05) is 13.1 Å². The topological polar surface area (TPSA) is 32.3 Å². The molecule has 2 atom stereocenters. The van der Waals surface area contributed by atoms with Gasteiger partial charge in [0.2, 0.25) is 5.91 Å². The molecular weight excluding hydrogens is 224 g/mol. The van der Waals surface area contributed by atoms with Crippen LogP contribution in [-0.2, 0) is 4.79 Å². The first kappa shape index (κ1) is 15.5. The van der Waals surface area contributed by atoms with Crippen LogP contribution in [0.2, 0.25) is 0 Å². The van der Waals surface area contributed by atoms with E-state index in [-0.39, 0.29) is 11.9 Å². The van der Waals surface area contributed by atoms with Gasteiger partial charge in [-0.25, -0.2) is 0 Å². The van der Waals surface area contributed by atoms with E-state index < -0.39 is 0 Å². The Balaban J connectivity index is 2.42. The molecule has 1 rings (SSSR count). The highest BCUT2D eigenvalue weighted by atomic mass is 16.2. The van der Waals surface area contributed by atoms with Crippen molar-refractivity contribution in [2.45, 2.75) is 71.9 Å². The molecule has 1 aliphatic rings. The van der Waals surface area contributed by atoms with Crippen molar-refractivity contribution >= 4 is 5.91 Å². The molecule has 1 unspecified atom stereocenters. The molecule has 1 aliphatic carbocycles. The summed E-state index contributed by atoms with van der Waals surface area (Å²) in [5.41, 5.74) is 0. The highest BCUT2D eigenvalue weighted by molar-refractivity contribution is 5.81. The third-order valence-corrected chi connectivity index (χ3v) is 4.32. The van der Waals surface area contributed by atoms with Gasteiger partial charge in [-0.1, -0.05) is 19.3 Å². The van der Waals surface area contributed by atoms with Crippen molar-refractivity contribution < 1.29 is 4.79 Å². The molecule has 0 bridgehead atoms. The standard InChI is InChI=1S/C15H30N2O/c1-5-17(6-2)15(18)13(4)16-12(3)14-10-8-7-9-11-14/h12-14,16H,5-11H2,1-4H3/t12-,13?/m0/s1. The summed E-state index contributed by atoms with van der Waals surface area (Å²) in [4.78, 5) is 14.1. The first-order valence-corrected chi connectivity index (χ1v) is 7.64. The molecule has 1 N–H and O–H groups in total.